The monoisotopic (exact) mass is 288 g/mol. The zero-order valence-electron chi connectivity index (χ0n) is 10.6. The Hall–Kier alpha value is -2.13. The van der Waals surface area contributed by atoms with Crippen LogP contribution in [0, 0.1) is 12.7 Å². The zero-order chi connectivity index (χ0) is 14.3. The highest BCUT2D eigenvalue weighted by Crippen LogP contribution is 2.27. The van der Waals surface area contributed by atoms with Gasteiger partial charge < -0.3 is 4.42 Å². The first-order valence-corrected chi connectivity index (χ1v) is 6.43. The van der Waals surface area contributed by atoms with E-state index in [0.29, 0.717) is 10.6 Å². The van der Waals surface area contributed by atoms with Gasteiger partial charge in [-0.3, -0.25) is 0 Å². The van der Waals surface area contributed by atoms with Gasteiger partial charge in [0.15, 0.2) is 0 Å². The lowest BCUT2D eigenvalue weighted by molar-refractivity contribution is 0.555. The lowest BCUT2D eigenvalue weighted by atomic mass is 10.00. The Kier molecular flexibility index (Phi) is 3.07. The van der Waals surface area contributed by atoms with Crippen LogP contribution in [-0.2, 0) is 0 Å². The predicted octanol–water partition coefficient (Wildman–Crippen LogP) is 4.56. The Morgan fingerprint density at radius 2 is 1.80 bits per heavy atom. The fourth-order valence-electron chi connectivity index (χ4n) is 2.28. The smallest absolute Gasteiger partial charge is 0.344 e. The Morgan fingerprint density at radius 3 is 2.50 bits per heavy atom. The second-order valence-electron chi connectivity index (χ2n) is 4.54. The molecule has 0 N–H and O–H groups in total. The maximum Gasteiger partial charge on any atom is 0.344 e. The van der Waals surface area contributed by atoms with Crippen LogP contribution in [0.1, 0.15) is 5.56 Å². The van der Waals surface area contributed by atoms with E-state index < -0.39 is 11.4 Å². The Bertz CT molecular complexity index is 851. The molecule has 0 radical (unpaired) electrons. The maximum atomic E-state index is 13.2. The molecule has 1 aromatic heterocycles. The summed E-state index contributed by atoms with van der Waals surface area (Å²) >= 11 is 5.85. The van der Waals surface area contributed by atoms with E-state index in [1.807, 2.05) is 6.92 Å². The molecule has 0 saturated carbocycles. The lowest BCUT2D eigenvalue weighted by Gasteiger charge is -2.08. The van der Waals surface area contributed by atoms with Crippen molar-refractivity contribution in [1.82, 2.24) is 0 Å². The molecule has 0 unspecified atom stereocenters. The van der Waals surface area contributed by atoms with Gasteiger partial charge in [0.1, 0.15) is 11.4 Å². The van der Waals surface area contributed by atoms with Crippen LogP contribution in [0.3, 0.4) is 0 Å². The van der Waals surface area contributed by atoms with Crippen LogP contribution in [0.2, 0.25) is 5.02 Å². The summed E-state index contributed by atoms with van der Waals surface area (Å²) in [5.41, 5.74) is 1.74. The summed E-state index contributed by atoms with van der Waals surface area (Å²) in [6.07, 6.45) is 0. The quantitative estimate of drug-likeness (QED) is 0.614. The molecule has 4 heteroatoms. The summed E-state index contributed by atoms with van der Waals surface area (Å²) in [6.45, 7) is 1.82. The Balaban J connectivity index is 2.34. The molecular weight excluding hydrogens is 279 g/mol. The van der Waals surface area contributed by atoms with Crippen LogP contribution >= 0.6 is 11.6 Å². The molecule has 0 bridgehead atoms. The van der Waals surface area contributed by atoms with Gasteiger partial charge in [-0.1, -0.05) is 23.7 Å². The van der Waals surface area contributed by atoms with Crippen LogP contribution in [0.4, 0.5) is 4.39 Å². The van der Waals surface area contributed by atoms with Crippen LogP contribution < -0.4 is 5.63 Å². The molecule has 2 nitrogen and oxygen atoms in total. The molecule has 0 atom stereocenters. The van der Waals surface area contributed by atoms with Crippen molar-refractivity contribution in [2.24, 2.45) is 0 Å². The third kappa shape index (κ3) is 2.10. The van der Waals surface area contributed by atoms with E-state index in [1.165, 1.54) is 12.1 Å². The lowest BCUT2D eigenvalue weighted by Crippen LogP contribution is -2.06. The molecule has 3 rings (SSSR count). The van der Waals surface area contributed by atoms with Crippen LogP contribution in [0.25, 0.3) is 22.1 Å². The van der Waals surface area contributed by atoms with Gasteiger partial charge in [-0.25, -0.2) is 9.18 Å². The Morgan fingerprint density at radius 1 is 1.10 bits per heavy atom. The highest BCUT2D eigenvalue weighted by atomic mass is 35.5. The van der Waals surface area contributed by atoms with E-state index in [0.717, 1.165) is 16.5 Å². The second-order valence-corrected chi connectivity index (χ2v) is 4.97. The van der Waals surface area contributed by atoms with Crippen LogP contribution in [-0.4, -0.2) is 0 Å². The molecule has 0 saturated heterocycles. The van der Waals surface area contributed by atoms with Gasteiger partial charge in [-0.15, -0.1) is 0 Å². The average Bonchev–Trinajstić information content (AvgIpc) is 2.40. The van der Waals surface area contributed by atoms with Crippen molar-refractivity contribution in [3.63, 3.8) is 0 Å². The topological polar surface area (TPSA) is 30.2 Å². The van der Waals surface area contributed by atoms with E-state index in [2.05, 4.69) is 0 Å². The van der Waals surface area contributed by atoms with Gasteiger partial charge in [-0.2, -0.15) is 0 Å². The normalized spacial score (nSPS) is 10.9. The minimum atomic E-state index is -0.483. The van der Waals surface area contributed by atoms with Crippen molar-refractivity contribution in [3.8, 4) is 11.1 Å². The average molecular weight is 289 g/mol. The predicted molar refractivity (Wildman–Crippen MR) is 77.6 cm³/mol. The molecule has 100 valence electrons. The first-order chi connectivity index (χ1) is 9.56. The molecule has 0 aliphatic heterocycles. The zero-order valence-corrected chi connectivity index (χ0v) is 11.4. The molecule has 0 amide bonds. The third-order valence-corrected chi connectivity index (χ3v) is 3.51. The van der Waals surface area contributed by atoms with E-state index in [-0.39, 0.29) is 5.58 Å². The van der Waals surface area contributed by atoms with Crippen molar-refractivity contribution in [3.05, 3.63) is 69.3 Å². The van der Waals surface area contributed by atoms with Crippen molar-refractivity contribution in [2.45, 2.75) is 6.92 Å². The first kappa shape index (κ1) is 12.9. The molecule has 1 heterocycles. The number of fused-ring (bicyclic) bond motifs is 1. The van der Waals surface area contributed by atoms with Crippen LogP contribution in [0.15, 0.2) is 51.7 Å². The van der Waals surface area contributed by atoms with Crippen molar-refractivity contribution in [1.29, 1.82) is 0 Å². The second kappa shape index (κ2) is 4.76. The van der Waals surface area contributed by atoms with E-state index in [1.54, 1.807) is 30.3 Å². The van der Waals surface area contributed by atoms with Gasteiger partial charge in [0.2, 0.25) is 0 Å². The number of hydrogen-bond donors (Lipinski definition) is 0. The maximum absolute atomic E-state index is 13.2. The number of halogens is 2. The third-order valence-electron chi connectivity index (χ3n) is 3.26. The van der Waals surface area contributed by atoms with E-state index in [9.17, 15) is 9.18 Å². The summed E-state index contributed by atoms with van der Waals surface area (Å²) in [6, 6.07) is 11.1. The van der Waals surface area contributed by atoms with Crippen molar-refractivity contribution < 1.29 is 8.81 Å². The molecular formula is C16H10ClFO2. The molecule has 0 aliphatic carbocycles. The van der Waals surface area contributed by atoms with Gasteiger partial charge in [0.05, 0.1) is 5.56 Å². The minimum Gasteiger partial charge on any atom is -0.422 e. The summed E-state index contributed by atoms with van der Waals surface area (Å²) < 4.78 is 18.4. The Labute approximate surface area is 119 Å². The van der Waals surface area contributed by atoms with Crippen molar-refractivity contribution >= 4 is 22.6 Å². The minimum absolute atomic E-state index is 0.255. The SMILES string of the molecule is Cc1c(-c2ccc(Cl)cc2)c(=O)oc2cc(F)ccc12. The highest BCUT2D eigenvalue weighted by molar-refractivity contribution is 6.30. The molecule has 3 aromatic rings. The molecule has 0 aliphatic rings. The molecule has 0 spiro atoms. The first-order valence-electron chi connectivity index (χ1n) is 6.05. The number of hydrogen-bond acceptors (Lipinski definition) is 2. The number of rotatable bonds is 1. The van der Waals surface area contributed by atoms with E-state index >= 15 is 0 Å². The fraction of sp³-hybridized carbons (Fsp3) is 0.0625. The standard InChI is InChI=1S/C16H10ClFO2/c1-9-13-7-6-12(18)8-14(13)20-16(19)15(9)10-2-4-11(17)5-3-10/h2-8H,1H3. The number of aryl methyl sites for hydroxylation is 1. The van der Waals surface area contributed by atoms with Gasteiger partial charge in [0, 0.05) is 16.5 Å². The molecule has 20 heavy (non-hydrogen) atoms. The van der Waals surface area contributed by atoms with Crippen molar-refractivity contribution in [2.75, 3.05) is 0 Å². The van der Waals surface area contributed by atoms with Gasteiger partial charge in [0.25, 0.3) is 0 Å². The largest absolute Gasteiger partial charge is 0.422 e. The highest BCUT2D eigenvalue weighted by Gasteiger charge is 2.13. The summed E-state index contributed by atoms with van der Waals surface area (Å²) in [5.74, 6) is -0.431. The van der Waals surface area contributed by atoms with Crippen LogP contribution in [0.5, 0.6) is 0 Å². The van der Waals surface area contributed by atoms with Gasteiger partial charge >= 0.3 is 5.63 Å². The summed E-state index contributed by atoms with van der Waals surface area (Å²) in [4.78, 5) is 12.1. The molecule has 0 fully saturated rings. The number of benzene rings is 2. The van der Waals surface area contributed by atoms with Gasteiger partial charge in [-0.05, 0) is 42.3 Å². The summed E-state index contributed by atoms with van der Waals surface area (Å²) in [7, 11) is 0. The van der Waals surface area contributed by atoms with E-state index in [4.69, 9.17) is 16.0 Å². The summed E-state index contributed by atoms with van der Waals surface area (Å²) in [5, 5.41) is 1.31. The fourth-order valence-corrected chi connectivity index (χ4v) is 2.41. The molecule has 2 aromatic carbocycles.